The predicted octanol–water partition coefficient (Wildman–Crippen LogP) is 6.79. The summed E-state index contributed by atoms with van der Waals surface area (Å²) in [7, 11) is 1.50. The maximum absolute atomic E-state index is 11.4. The number of hydrogen-bond acceptors (Lipinski definition) is 6. The molecule has 186 valence electrons. The van der Waals surface area contributed by atoms with E-state index in [-0.39, 0.29) is 13.0 Å². The Labute approximate surface area is 219 Å². The molecule has 0 aliphatic heterocycles. The van der Waals surface area contributed by atoms with Crippen LogP contribution < -0.4 is 10.5 Å². The highest BCUT2D eigenvalue weighted by molar-refractivity contribution is 7.16. The van der Waals surface area contributed by atoms with E-state index in [1.807, 2.05) is 36.4 Å². The summed E-state index contributed by atoms with van der Waals surface area (Å²) in [6, 6.07) is 25.6. The number of nitrogens with two attached hydrogens (primary N) is 1. The van der Waals surface area contributed by atoms with Crippen LogP contribution in [0.15, 0.2) is 83.5 Å². The number of thiophene rings is 1. The standard InChI is InChI=1S/C29H21NO4S.CH5N/c1-18-3-2-4-20(11-18)25-13-19(12-23-9-10-33-29(23)25)17-34-26-14-22(6-5-21(26)15-28(31)32)27-8-7-24(16-30)35-27;1-2/h2-14H,15,17H2,1H3,(H,31,32);2H2,1H3. The van der Waals surface area contributed by atoms with Crippen molar-refractivity contribution in [3.63, 3.8) is 0 Å². The van der Waals surface area contributed by atoms with E-state index in [1.54, 1.807) is 18.4 Å². The van der Waals surface area contributed by atoms with Crippen LogP contribution in [0.1, 0.15) is 21.6 Å². The first-order valence-corrected chi connectivity index (χ1v) is 12.4. The first-order valence-electron chi connectivity index (χ1n) is 11.6. The molecule has 3 N–H and O–H groups in total. The molecule has 0 amide bonds. The van der Waals surface area contributed by atoms with Crippen molar-refractivity contribution >= 4 is 28.3 Å². The lowest BCUT2D eigenvalue weighted by Crippen LogP contribution is -2.04. The molecule has 0 spiro atoms. The van der Waals surface area contributed by atoms with Crippen LogP contribution >= 0.6 is 11.3 Å². The molecule has 0 aliphatic rings. The number of aliphatic carboxylic acids is 1. The molecule has 7 heteroatoms. The fourth-order valence-electron chi connectivity index (χ4n) is 4.12. The monoisotopic (exact) mass is 510 g/mol. The van der Waals surface area contributed by atoms with Crippen LogP contribution in [0, 0.1) is 18.3 Å². The second-order valence-corrected chi connectivity index (χ2v) is 9.39. The van der Waals surface area contributed by atoms with E-state index in [4.69, 9.17) is 14.4 Å². The zero-order valence-corrected chi connectivity index (χ0v) is 21.3. The number of furan rings is 1. The molecule has 0 saturated heterocycles. The van der Waals surface area contributed by atoms with Gasteiger partial charge in [0.1, 0.15) is 28.9 Å². The van der Waals surface area contributed by atoms with Crippen molar-refractivity contribution < 1.29 is 19.1 Å². The number of aryl methyl sites for hydroxylation is 1. The highest BCUT2D eigenvalue weighted by Gasteiger charge is 2.14. The Morgan fingerprint density at radius 1 is 1.05 bits per heavy atom. The Bertz CT molecular complexity index is 1590. The number of nitrogens with zero attached hydrogens (tertiary/aromatic N) is 1. The fraction of sp³-hybridized carbons (Fsp3) is 0.133. The lowest BCUT2D eigenvalue weighted by molar-refractivity contribution is -0.136. The van der Waals surface area contributed by atoms with E-state index in [2.05, 4.69) is 43.0 Å². The van der Waals surface area contributed by atoms with Crippen molar-refractivity contribution in [3.05, 3.63) is 101 Å². The summed E-state index contributed by atoms with van der Waals surface area (Å²) < 4.78 is 12.0. The van der Waals surface area contributed by atoms with Gasteiger partial charge in [-0.3, -0.25) is 4.79 Å². The summed E-state index contributed by atoms with van der Waals surface area (Å²) in [6.07, 6.45) is 1.54. The quantitative estimate of drug-likeness (QED) is 0.249. The highest BCUT2D eigenvalue weighted by atomic mass is 32.1. The van der Waals surface area contributed by atoms with E-state index >= 15 is 0 Å². The zero-order valence-electron chi connectivity index (χ0n) is 20.5. The van der Waals surface area contributed by atoms with Gasteiger partial charge in [-0.25, -0.2) is 0 Å². The fourth-order valence-corrected chi connectivity index (χ4v) is 4.92. The Balaban J connectivity index is 0.00000156. The van der Waals surface area contributed by atoms with Crippen LogP contribution in [0.4, 0.5) is 0 Å². The summed E-state index contributed by atoms with van der Waals surface area (Å²) in [5, 5.41) is 19.5. The molecule has 2 aromatic heterocycles. The lowest BCUT2D eigenvalue weighted by Gasteiger charge is -2.13. The molecule has 0 fully saturated rings. The molecular formula is C30H26N2O4S. The molecule has 0 unspecified atom stereocenters. The van der Waals surface area contributed by atoms with Crippen LogP contribution in [-0.4, -0.2) is 18.1 Å². The summed E-state index contributed by atoms with van der Waals surface area (Å²) in [5.41, 5.74) is 11.0. The van der Waals surface area contributed by atoms with Crippen LogP contribution in [0.25, 0.3) is 32.5 Å². The number of rotatable bonds is 7. The van der Waals surface area contributed by atoms with Crippen molar-refractivity contribution in [1.29, 1.82) is 5.26 Å². The number of benzene rings is 3. The van der Waals surface area contributed by atoms with Crippen molar-refractivity contribution in [2.45, 2.75) is 20.0 Å². The van der Waals surface area contributed by atoms with Crippen LogP contribution in [-0.2, 0) is 17.8 Å². The van der Waals surface area contributed by atoms with Gasteiger partial charge in [0.15, 0.2) is 0 Å². The number of carboxylic acid groups (broad SMARTS) is 1. The van der Waals surface area contributed by atoms with Gasteiger partial charge in [-0.15, -0.1) is 11.3 Å². The minimum atomic E-state index is -0.924. The first-order chi connectivity index (χ1) is 18.0. The topological polar surface area (TPSA) is 109 Å². The molecule has 0 radical (unpaired) electrons. The van der Waals surface area contributed by atoms with Gasteiger partial charge < -0.3 is 20.0 Å². The van der Waals surface area contributed by atoms with Gasteiger partial charge in [0.05, 0.1) is 12.7 Å². The summed E-state index contributed by atoms with van der Waals surface area (Å²) >= 11 is 1.39. The second-order valence-electron chi connectivity index (χ2n) is 8.31. The smallest absolute Gasteiger partial charge is 0.307 e. The van der Waals surface area contributed by atoms with Gasteiger partial charge in [-0.2, -0.15) is 5.26 Å². The second kappa shape index (κ2) is 11.6. The van der Waals surface area contributed by atoms with E-state index in [0.717, 1.165) is 43.7 Å². The van der Waals surface area contributed by atoms with E-state index in [9.17, 15) is 9.90 Å². The van der Waals surface area contributed by atoms with Gasteiger partial charge in [0.25, 0.3) is 0 Å². The highest BCUT2D eigenvalue weighted by Crippen LogP contribution is 2.34. The minimum absolute atomic E-state index is 0.140. The van der Waals surface area contributed by atoms with Crippen LogP contribution in [0.2, 0.25) is 0 Å². The van der Waals surface area contributed by atoms with E-state index in [0.29, 0.717) is 16.2 Å². The van der Waals surface area contributed by atoms with Crippen molar-refractivity contribution in [2.24, 2.45) is 5.73 Å². The molecule has 0 atom stereocenters. The van der Waals surface area contributed by atoms with Crippen molar-refractivity contribution in [1.82, 2.24) is 0 Å². The lowest BCUT2D eigenvalue weighted by atomic mass is 9.99. The molecule has 5 rings (SSSR count). The molecule has 6 nitrogen and oxygen atoms in total. The van der Waals surface area contributed by atoms with Gasteiger partial charge in [0.2, 0.25) is 0 Å². The summed E-state index contributed by atoms with van der Waals surface area (Å²) in [6.45, 7) is 2.32. The molecular weight excluding hydrogens is 484 g/mol. The molecule has 5 aromatic rings. The zero-order chi connectivity index (χ0) is 26.4. The number of carbonyl (C=O) groups is 1. The average molecular weight is 511 g/mol. The third kappa shape index (κ3) is 5.89. The van der Waals surface area contributed by atoms with Crippen molar-refractivity contribution in [3.8, 4) is 33.4 Å². The maximum Gasteiger partial charge on any atom is 0.307 e. The minimum Gasteiger partial charge on any atom is -0.489 e. The summed E-state index contributed by atoms with van der Waals surface area (Å²) in [5.74, 6) is -0.409. The first kappa shape index (κ1) is 25.7. The third-order valence-corrected chi connectivity index (χ3v) is 6.78. The average Bonchev–Trinajstić information content (AvgIpc) is 3.58. The maximum atomic E-state index is 11.4. The molecule has 0 bridgehead atoms. The van der Waals surface area contributed by atoms with Gasteiger partial charge in [0, 0.05) is 21.4 Å². The van der Waals surface area contributed by atoms with Gasteiger partial charge in [-0.1, -0.05) is 42.0 Å². The third-order valence-electron chi connectivity index (χ3n) is 5.74. The number of fused-ring (bicyclic) bond motifs is 1. The Hall–Kier alpha value is -4.38. The molecule has 0 saturated carbocycles. The summed E-state index contributed by atoms with van der Waals surface area (Å²) in [4.78, 5) is 13.0. The van der Waals surface area contributed by atoms with Gasteiger partial charge in [-0.05, 0) is 67.1 Å². The predicted molar refractivity (Wildman–Crippen MR) is 147 cm³/mol. The number of ether oxygens (including phenoxy) is 1. The molecule has 37 heavy (non-hydrogen) atoms. The van der Waals surface area contributed by atoms with Crippen molar-refractivity contribution in [2.75, 3.05) is 7.05 Å². The molecule has 2 heterocycles. The Kier molecular flexibility index (Phi) is 8.04. The van der Waals surface area contributed by atoms with E-state index in [1.165, 1.54) is 18.4 Å². The van der Waals surface area contributed by atoms with Gasteiger partial charge >= 0.3 is 5.97 Å². The van der Waals surface area contributed by atoms with E-state index < -0.39 is 5.97 Å². The number of hydrogen-bond donors (Lipinski definition) is 2. The van der Waals surface area contributed by atoms with Crippen LogP contribution in [0.5, 0.6) is 5.75 Å². The number of nitriles is 1. The number of carboxylic acids is 1. The SMILES string of the molecule is CN.Cc1cccc(-c2cc(COc3cc(-c4ccc(C#N)s4)ccc3CC(=O)O)cc3ccoc23)c1. The van der Waals surface area contributed by atoms with Crippen LogP contribution in [0.3, 0.4) is 0 Å². The molecule has 0 aliphatic carbocycles. The Morgan fingerprint density at radius 2 is 1.89 bits per heavy atom. The Morgan fingerprint density at radius 3 is 2.62 bits per heavy atom. The normalized spacial score (nSPS) is 10.4. The largest absolute Gasteiger partial charge is 0.489 e. The molecule has 3 aromatic carbocycles.